The van der Waals surface area contributed by atoms with Gasteiger partial charge >= 0.3 is 12.1 Å². The van der Waals surface area contributed by atoms with Gasteiger partial charge in [0, 0.05) is 19.2 Å². The van der Waals surface area contributed by atoms with Crippen LogP contribution in [0.5, 0.6) is 0 Å². The summed E-state index contributed by atoms with van der Waals surface area (Å²) in [7, 11) is 0. The van der Waals surface area contributed by atoms with Gasteiger partial charge in [0.15, 0.2) is 0 Å². The zero-order valence-corrected chi connectivity index (χ0v) is 18.2. The molecular weight excluding hydrogens is 413 g/mol. The van der Waals surface area contributed by atoms with E-state index >= 15 is 0 Å². The van der Waals surface area contributed by atoms with Gasteiger partial charge < -0.3 is 19.3 Å². The first kappa shape index (κ1) is 20.0. The number of carbonyl (C=O) groups excluding carboxylic acids is 1. The molecule has 1 aliphatic heterocycles. The number of carboxylic acids is 1. The molecule has 0 spiro atoms. The number of aryl methyl sites for hydroxylation is 1. The Bertz CT molecular complexity index is 1100. The summed E-state index contributed by atoms with van der Waals surface area (Å²) in [5, 5.41) is 9.81. The lowest BCUT2D eigenvalue weighted by Gasteiger charge is -2.57. The van der Waals surface area contributed by atoms with Gasteiger partial charge in [-0.1, -0.05) is 0 Å². The summed E-state index contributed by atoms with van der Waals surface area (Å²) in [6.45, 7) is 3.05. The Balaban J connectivity index is 1.16. The monoisotopic (exact) mass is 441 g/mol. The molecule has 5 aliphatic rings. The van der Waals surface area contributed by atoms with Gasteiger partial charge in [0.05, 0.1) is 22.5 Å². The highest BCUT2D eigenvalue weighted by Gasteiger charge is 2.60. The van der Waals surface area contributed by atoms with E-state index in [1.54, 1.807) is 11.0 Å². The van der Waals surface area contributed by atoms with Gasteiger partial charge in [-0.2, -0.15) is 0 Å². The van der Waals surface area contributed by atoms with Crippen molar-refractivity contribution in [2.24, 2.45) is 23.2 Å². The molecule has 4 bridgehead atoms. The van der Waals surface area contributed by atoms with Crippen LogP contribution in [-0.4, -0.2) is 50.8 Å². The molecule has 7 nitrogen and oxygen atoms in total. The molecule has 1 saturated heterocycles. The molecular formula is C24H28FN3O4. The molecule has 170 valence electrons. The Morgan fingerprint density at radius 3 is 2.69 bits per heavy atom. The summed E-state index contributed by atoms with van der Waals surface area (Å²) in [6, 6.07) is 4.71. The summed E-state index contributed by atoms with van der Waals surface area (Å²) in [4.78, 5) is 31.3. The first-order valence-corrected chi connectivity index (χ1v) is 11.7. The molecule has 4 aliphatic carbocycles. The minimum atomic E-state index is -0.674. The first-order chi connectivity index (χ1) is 15.3. The Labute approximate surface area is 185 Å². The van der Waals surface area contributed by atoms with Crippen molar-refractivity contribution in [2.45, 2.75) is 57.6 Å². The minimum absolute atomic E-state index is 0.0757. The number of amides is 1. The van der Waals surface area contributed by atoms with E-state index in [-0.39, 0.29) is 35.9 Å². The molecule has 1 aromatic heterocycles. The summed E-state index contributed by atoms with van der Waals surface area (Å²) in [5.41, 5.74) is 0.908. The fourth-order valence-corrected chi connectivity index (χ4v) is 7.39. The van der Waals surface area contributed by atoms with Gasteiger partial charge in [-0.25, -0.2) is 14.2 Å². The predicted molar refractivity (Wildman–Crippen MR) is 114 cm³/mol. The minimum Gasteiger partial charge on any atom is -0.481 e. The number of rotatable bonds is 3. The second kappa shape index (κ2) is 6.93. The Kier molecular flexibility index (Phi) is 4.33. The number of aliphatic carboxylic acids is 1. The number of likely N-dealkylation sites (tertiary alicyclic amines) is 1. The van der Waals surface area contributed by atoms with Crippen LogP contribution in [0.4, 0.5) is 9.18 Å². The topological polar surface area (TPSA) is 84.7 Å². The first-order valence-electron chi connectivity index (χ1n) is 11.7. The van der Waals surface area contributed by atoms with E-state index in [9.17, 15) is 19.1 Å². The number of ether oxygens (including phenoxy) is 1. The molecule has 1 amide bonds. The van der Waals surface area contributed by atoms with Crippen LogP contribution < -0.4 is 0 Å². The summed E-state index contributed by atoms with van der Waals surface area (Å²) >= 11 is 0. The van der Waals surface area contributed by atoms with Crippen molar-refractivity contribution in [3.05, 3.63) is 29.8 Å². The van der Waals surface area contributed by atoms with Crippen LogP contribution in [0.15, 0.2) is 18.2 Å². The molecule has 4 saturated carbocycles. The van der Waals surface area contributed by atoms with E-state index in [0.29, 0.717) is 37.4 Å². The molecule has 1 N–H and O–H groups in total. The normalized spacial score (nSPS) is 35.6. The predicted octanol–water partition coefficient (Wildman–Crippen LogP) is 4.15. The number of nitrogens with zero attached hydrogens (tertiary/aromatic N) is 3. The van der Waals surface area contributed by atoms with Crippen molar-refractivity contribution in [1.29, 1.82) is 0 Å². The highest BCUT2D eigenvalue weighted by molar-refractivity contribution is 5.77. The lowest BCUT2D eigenvalue weighted by molar-refractivity contribution is -0.179. The van der Waals surface area contributed by atoms with Gasteiger partial charge in [0.2, 0.25) is 0 Å². The lowest BCUT2D eigenvalue weighted by Crippen LogP contribution is -2.57. The number of aromatic nitrogens is 2. The molecule has 0 radical (unpaired) electrons. The smallest absolute Gasteiger partial charge is 0.410 e. The number of carbonyl (C=O) groups is 2. The standard InChI is InChI=1S/C24H28FN3O4/c1-13-26-19-8-17(25)2-3-20(19)28(13)18-4-5-27(12-18)23(31)32-21-15-6-14-7-16(21)11-24(9-14,10-15)22(29)30/h2-3,8,14-16,18,21H,4-7,9-12H2,1H3,(H,29,30). The van der Waals surface area contributed by atoms with Crippen LogP contribution in [0.25, 0.3) is 11.0 Å². The van der Waals surface area contributed by atoms with Crippen LogP contribution in [-0.2, 0) is 9.53 Å². The fourth-order valence-electron chi connectivity index (χ4n) is 7.39. The maximum Gasteiger partial charge on any atom is 0.410 e. The van der Waals surface area contributed by atoms with E-state index in [1.165, 1.54) is 12.1 Å². The van der Waals surface area contributed by atoms with Crippen LogP contribution in [0.2, 0.25) is 0 Å². The number of hydrogen-bond acceptors (Lipinski definition) is 4. The number of fused-ring (bicyclic) bond motifs is 1. The Hall–Kier alpha value is -2.64. The Morgan fingerprint density at radius 2 is 1.97 bits per heavy atom. The van der Waals surface area contributed by atoms with Crippen molar-refractivity contribution in [2.75, 3.05) is 13.1 Å². The third-order valence-corrected chi connectivity index (χ3v) is 8.49. The molecule has 2 heterocycles. The SMILES string of the molecule is Cc1nc2cc(F)ccc2n1C1CCN(C(=O)OC2C3CC4CC2CC(C(=O)O)(C4)C3)C1. The van der Waals surface area contributed by atoms with Gasteiger partial charge in [-0.3, -0.25) is 4.79 Å². The number of carboxylic acid groups (broad SMARTS) is 1. The lowest BCUT2D eigenvalue weighted by atomic mass is 9.48. The maximum absolute atomic E-state index is 13.6. The van der Waals surface area contributed by atoms with Gasteiger partial charge in [-0.15, -0.1) is 0 Å². The van der Waals surface area contributed by atoms with Crippen LogP contribution in [0.3, 0.4) is 0 Å². The zero-order valence-electron chi connectivity index (χ0n) is 18.2. The van der Waals surface area contributed by atoms with Crippen LogP contribution in [0.1, 0.15) is 50.4 Å². The van der Waals surface area contributed by atoms with Crippen LogP contribution >= 0.6 is 0 Å². The summed E-state index contributed by atoms with van der Waals surface area (Å²) in [6.07, 6.45) is 4.34. The van der Waals surface area contributed by atoms with Crippen molar-refractivity contribution >= 4 is 23.1 Å². The van der Waals surface area contributed by atoms with E-state index in [4.69, 9.17) is 4.74 Å². The van der Waals surface area contributed by atoms with Crippen molar-refractivity contribution in [1.82, 2.24) is 14.5 Å². The number of halogens is 1. The van der Waals surface area contributed by atoms with Gasteiger partial charge in [0.25, 0.3) is 0 Å². The van der Waals surface area contributed by atoms with Crippen LogP contribution in [0, 0.1) is 35.9 Å². The average molecular weight is 442 g/mol. The van der Waals surface area contributed by atoms with Gasteiger partial charge in [0.1, 0.15) is 17.7 Å². The second-order valence-corrected chi connectivity index (χ2v) is 10.5. The molecule has 3 unspecified atom stereocenters. The zero-order chi connectivity index (χ0) is 22.2. The average Bonchev–Trinajstić information content (AvgIpc) is 3.33. The molecule has 32 heavy (non-hydrogen) atoms. The van der Waals surface area contributed by atoms with Crippen molar-refractivity contribution in [3.63, 3.8) is 0 Å². The molecule has 7 rings (SSSR count). The Morgan fingerprint density at radius 1 is 1.22 bits per heavy atom. The van der Waals surface area contributed by atoms with E-state index in [2.05, 4.69) is 9.55 Å². The number of benzene rings is 1. The highest BCUT2D eigenvalue weighted by Crippen LogP contribution is 2.60. The molecule has 1 aromatic carbocycles. The molecule has 5 fully saturated rings. The maximum atomic E-state index is 13.6. The third kappa shape index (κ3) is 2.94. The summed E-state index contributed by atoms with van der Waals surface area (Å²) < 4.78 is 21.7. The van der Waals surface area contributed by atoms with E-state index in [0.717, 1.165) is 37.0 Å². The second-order valence-electron chi connectivity index (χ2n) is 10.5. The quantitative estimate of drug-likeness (QED) is 0.774. The van der Waals surface area contributed by atoms with Crippen molar-refractivity contribution in [3.8, 4) is 0 Å². The fraction of sp³-hybridized carbons (Fsp3) is 0.625. The third-order valence-electron chi connectivity index (χ3n) is 8.49. The summed E-state index contributed by atoms with van der Waals surface area (Å²) in [5.74, 6) is 0.609. The number of imidazole rings is 1. The number of hydrogen-bond donors (Lipinski definition) is 1. The molecule has 8 heteroatoms. The van der Waals surface area contributed by atoms with Crippen molar-refractivity contribution < 1.29 is 23.8 Å². The van der Waals surface area contributed by atoms with Gasteiger partial charge in [-0.05, 0) is 75.3 Å². The van der Waals surface area contributed by atoms with E-state index < -0.39 is 11.4 Å². The van der Waals surface area contributed by atoms with E-state index in [1.807, 2.05) is 6.92 Å². The highest BCUT2D eigenvalue weighted by atomic mass is 19.1. The molecule has 2 aromatic rings. The largest absolute Gasteiger partial charge is 0.481 e. The molecule has 3 atom stereocenters.